The molecule has 2 heterocycles. The van der Waals surface area contributed by atoms with E-state index >= 15 is 0 Å². The minimum atomic E-state index is -4.78. The van der Waals surface area contributed by atoms with Crippen LogP contribution >= 0.6 is 23.4 Å². The van der Waals surface area contributed by atoms with E-state index in [1.165, 1.54) is 10.6 Å². The number of thioether (sulfide) groups is 1. The van der Waals surface area contributed by atoms with Crippen LogP contribution < -0.4 is 80.1 Å². The summed E-state index contributed by atoms with van der Waals surface area (Å²) in [7, 11) is 0. The maximum absolute atomic E-state index is 13.9. The van der Waals surface area contributed by atoms with Crippen LogP contribution in [0, 0.1) is 13.2 Å². The minimum Gasteiger partial charge on any atom is -0.358 e. The molecule has 0 radical (unpaired) electrons. The predicted molar refractivity (Wildman–Crippen MR) is 106 cm³/mol. The molecule has 1 aliphatic heterocycles. The standard InChI is InChI=1S/C18H11ClF4N2O2S.CH3.Cs/c19-11-6-8(2-3-12(11)20)13-10(18(21,22)23)7-9-14-15(13)28-5-1-4-25(14)17(27)24-16(9)26;;/h2-3,6-7H,1,4-5H2,(H,24,26,27);1H3;/q;-1;+1. The number of benzene rings is 2. The molecule has 30 heavy (non-hydrogen) atoms. The Labute approximate surface area is 236 Å². The van der Waals surface area contributed by atoms with Crippen molar-refractivity contribution >= 4 is 34.3 Å². The largest absolute Gasteiger partial charge is 1.00 e. The molecule has 0 amide bonds. The van der Waals surface area contributed by atoms with Crippen molar-refractivity contribution in [1.29, 1.82) is 0 Å². The van der Waals surface area contributed by atoms with Gasteiger partial charge in [-0.2, -0.15) is 13.2 Å². The average Bonchev–Trinajstić information content (AvgIpc) is 2.84. The third-order valence-electron chi connectivity index (χ3n) is 4.52. The number of hydrogen-bond acceptors (Lipinski definition) is 3. The van der Waals surface area contributed by atoms with Crippen LogP contribution in [0.25, 0.3) is 22.0 Å². The second-order valence-corrected chi connectivity index (χ2v) is 7.78. The van der Waals surface area contributed by atoms with Crippen molar-refractivity contribution in [2.24, 2.45) is 0 Å². The fourth-order valence-electron chi connectivity index (χ4n) is 3.34. The first kappa shape index (κ1) is 26.0. The first-order valence-corrected chi connectivity index (χ1v) is 9.54. The Morgan fingerprint density at radius 2 is 1.87 bits per heavy atom. The molecule has 0 unspecified atom stereocenters. The maximum Gasteiger partial charge on any atom is 1.00 e. The van der Waals surface area contributed by atoms with Gasteiger partial charge < -0.3 is 7.43 Å². The van der Waals surface area contributed by atoms with Crippen molar-refractivity contribution in [3.05, 3.63) is 68.9 Å². The summed E-state index contributed by atoms with van der Waals surface area (Å²) in [5.74, 6) is -0.306. The minimum absolute atomic E-state index is 0. The van der Waals surface area contributed by atoms with Crippen LogP contribution in [-0.2, 0) is 12.7 Å². The molecule has 0 aliphatic carbocycles. The Morgan fingerprint density at radius 3 is 2.50 bits per heavy atom. The van der Waals surface area contributed by atoms with Crippen LogP contribution in [0.3, 0.4) is 0 Å². The number of aryl methyl sites for hydroxylation is 1. The van der Waals surface area contributed by atoms with Crippen LogP contribution in [0.2, 0.25) is 5.02 Å². The van der Waals surface area contributed by atoms with Gasteiger partial charge in [0, 0.05) is 17.0 Å². The molecule has 0 saturated heterocycles. The summed E-state index contributed by atoms with van der Waals surface area (Å²) in [6.45, 7) is 0.265. The molecule has 1 N–H and O–H groups in total. The third kappa shape index (κ3) is 4.61. The molecule has 0 atom stereocenters. The molecule has 0 spiro atoms. The van der Waals surface area contributed by atoms with E-state index in [1.807, 2.05) is 0 Å². The van der Waals surface area contributed by atoms with Gasteiger partial charge in [-0.1, -0.05) is 17.7 Å². The van der Waals surface area contributed by atoms with Crippen LogP contribution in [-0.4, -0.2) is 15.3 Å². The van der Waals surface area contributed by atoms with Gasteiger partial charge in [-0.15, -0.1) is 11.8 Å². The maximum atomic E-state index is 13.9. The number of nitrogens with zero attached hydrogens (tertiary/aromatic N) is 1. The van der Waals surface area contributed by atoms with E-state index in [0.717, 1.165) is 30.0 Å². The second kappa shape index (κ2) is 9.74. The number of aromatic amines is 1. The Bertz CT molecular complexity index is 1240. The van der Waals surface area contributed by atoms with Gasteiger partial charge in [-0.3, -0.25) is 14.3 Å². The normalized spacial score (nSPS) is 13.4. The summed E-state index contributed by atoms with van der Waals surface area (Å²) in [4.78, 5) is 26.8. The van der Waals surface area contributed by atoms with Crippen molar-refractivity contribution < 1.29 is 86.5 Å². The van der Waals surface area contributed by atoms with Crippen molar-refractivity contribution in [2.45, 2.75) is 24.0 Å². The van der Waals surface area contributed by atoms with E-state index in [2.05, 4.69) is 4.98 Å². The van der Waals surface area contributed by atoms with Gasteiger partial charge in [0.1, 0.15) is 5.82 Å². The van der Waals surface area contributed by atoms with E-state index in [1.54, 1.807) is 0 Å². The molecule has 11 heteroatoms. The SMILES string of the molecule is O=c1[nH]c(=O)n2c3c(c(-c4ccc(F)c(Cl)c4)c(C(F)(F)F)cc13)SCCC2.[CH3-].[Cs+]. The van der Waals surface area contributed by atoms with Crippen LogP contribution in [0.1, 0.15) is 12.0 Å². The molecule has 4 rings (SSSR count). The molecule has 3 aromatic rings. The fraction of sp³-hybridized carbons (Fsp3) is 0.211. The van der Waals surface area contributed by atoms with E-state index in [4.69, 9.17) is 11.6 Å². The van der Waals surface area contributed by atoms with Crippen molar-refractivity contribution in [1.82, 2.24) is 9.55 Å². The average molecular weight is 579 g/mol. The molecule has 0 fully saturated rings. The molecule has 1 aliphatic rings. The molecular formula is C19H14ClCsF4N2O2S. The number of halogens is 5. The number of rotatable bonds is 1. The zero-order valence-electron chi connectivity index (χ0n) is 16.0. The molecule has 4 nitrogen and oxygen atoms in total. The monoisotopic (exact) mass is 578 g/mol. The number of alkyl halides is 3. The van der Waals surface area contributed by atoms with Crippen LogP contribution in [0.15, 0.2) is 38.8 Å². The Hall–Kier alpha value is -0.208. The zero-order valence-corrected chi connectivity index (χ0v) is 23.8. The summed E-state index contributed by atoms with van der Waals surface area (Å²) < 4.78 is 56.5. The number of aromatic nitrogens is 2. The number of hydrogen-bond donors (Lipinski definition) is 1. The third-order valence-corrected chi connectivity index (χ3v) is 5.99. The van der Waals surface area contributed by atoms with Crippen LogP contribution in [0.5, 0.6) is 0 Å². The van der Waals surface area contributed by atoms with Gasteiger partial charge in [0.25, 0.3) is 5.56 Å². The van der Waals surface area contributed by atoms with Gasteiger partial charge >= 0.3 is 80.8 Å². The zero-order chi connectivity index (χ0) is 20.2. The predicted octanol–water partition coefficient (Wildman–Crippen LogP) is 2.12. The Morgan fingerprint density at radius 1 is 1.17 bits per heavy atom. The van der Waals surface area contributed by atoms with Crippen LogP contribution in [0.4, 0.5) is 17.6 Å². The Kier molecular flexibility index (Phi) is 8.45. The summed E-state index contributed by atoms with van der Waals surface area (Å²) in [5.41, 5.74) is -2.60. The van der Waals surface area contributed by atoms with Gasteiger partial charge in [0.15, 0.2) is 0 Å². The Balaban J connectivity index is 0.00000160. The molecule has 154 valence electrons. The van der Waals surface area contributed by atoms with E-state index in [-0.39, 0.29) is 115 Å². The number of nitrogens with one attached hydrogen (secondary N) is 1. The van der Waals surface area contributed by atoms with Gasteiger partial charge in [-0.25, -0.2) is 9.18 Å². The smallest absolute Gasteiger partial charge is 0.358 e. The van der Waals surface area contributed by atoms with Gasteiger partial charge in [0.2, 0.25) is 0 Å². The van der Waals surface area contributed by atoms with Gasteiger partial charge in [-0.05, 0) is 35.9 Å². The summed E-state index contributed by atoms with van der Waals surface area (Å²) in [6, 6.07) is 4.05. The molecule has 2 aromatic carbocycles. The second-order valence-electron chi connectivity index (χ2n) is 6.26. The molecule has 1 aromatic heterocycles. The van der Waals surface area contributed by atoms with Gasteiger partial charge in [0.05, 0.1) is 21.5 Å². The summed E-state index contributed by atoms with van der Waals surface area (Å²) >= 11 is 6.93. The van der Waals surface area contributed by atoms with Crippen molar-refractivity contribution in [3.8, 4) is 11.1 Å². The van der Waals surface area contributed by atoms with Crippen molar-refractivity contribution in [3.63, 3.8) is 0 Å². The topological polar surface area (TPSA) is 54.9 Å². The fourth-order valence-corrected chi connectivity index (χ4v) is 4.72. The number of H-pyrrole nitrogens is 1. The summed E-state index contributed by atoms with van der Waals surface area (Å²) in [6.07, 6.45) is -4.24. The van der Waals surface area contributed by atoms with E-state index < -0.39 is 28.8 Å². The molecule has 0 bridgehead atoms. The molecule has 0 saturated carbocycles. The quantitative estimate of drug-likeness (QED) is 0.356. The van der Waals surface area contributed by atoms with E-state index in [0.29, 0.717) is 12.2 Å². The summed E-state index contributed by atoms with van der Waals surface area (Å²) in [5, 5.41) is -0.534. The first-order valence-electron chi connectivity index (χ1n) is 8.17. The molecular weight excluding hydrogens is 565 g/mol. The van der Waals surface area contributed by atoms with E-state index in [9.17, 15) is 27.2 Å². The van der Waals surface area contributed by atoms with Crippen molar-refractivity contribution in [2.75, 3.05) is 5.75 Å². The first-order chi connectivity index (χ1) is 13.2.